The van der Waals surface area contributed by atoms with Crippen LogP contribution in [0.25, 0.3) is 0 Å². The molecule has 1 fully saturated rings. The van der Waals surface area contributed by atoms with Gasteiger partial charge in [-0.05, 0) is 25.8 Å². The van der Waals surface area contributed by atoms with Crippen LogP contribution in [0.1, 0.15) is 32.1 Å². The summed E-state index contributed by atoms with van der Waals surface area (Å²) in [4.78, 5) is 18.1. The maximum Gasteiger partial charge on any atom is 0.251 e. The molecule has 0 bridgehead atoms. The number of nitrogens with zero attached hydrogens (tertiary/aromatic N) is 1. The minimum absolute atomic E-state index is 0.0776. The van der Waals surface area contributed by atoms with E-state index in [0.717, 1.165) is 16.8 Å². The predicted molar refractivity (Wildman–Crippen MR) is 75.0 cm³/mol. The molecule has 100 valence electrons. The van der Waals surface area contributed by atoms with E-state index in [-0.39, 0.29) is 5.56 Å². The molecule has 0 amide bonds. The molecule has 2 rings (SSSR count). The summed E-state index contributed by atoms with van der Waals surface area (Å²) in [7, 11) is 2.03. The van der Waals surface area contributed by atoms with Gasteiger partial charge in [-0.2, -0.15) is 0 Å². The van der Waals surface area contributed by atoms with Gasteiger partial charge in [-0.25, -0.2) is 4.98 Å². The van der Waals surface area contributed by atoms with Gasteiger partial charge in [-0.1, -0.05) is 31.0 Å². The standard InChI is InChI=1S/C13H21N3OS/c1-14-11(10-5-3-2-4-6-10)9-18-13-15-8-7-12(17)16-13/h7-8,10-11,14H,2-6,9H2,1H3,(H,15,16,17). The Bertz CT molecular complexity index is 415. The highest BCUT2D eigenvalue weighted by Gasteiger charge is 2.22. The lowest BCUT2D eigenvalue weighted by molar-refractivity contribution is 0.294. The Morgan fingerprint density at radius 2 is 2.28 bits per heavy atom. The topological polar surface area (TPSA) is 57.8 Å². The number of rotatable bonds is 5. The van der Waals surface area contributed by atoms with Crippen LogP contribution in [0.4, 0.5) is 0 Å². The smallest absolute Gasteiger partial charge is 0.251 e. The Kier molecular flexibility index (Phi) is 5.26. The normalized spacial score (nSPS) is 18.7. The van der Waals surface area contributed by atoms with Crippen LogP contribution >= 0.6 is 11.8 Å². The summed E-state index contributed by atoms with van der Waals surface area (Å²) in [5.41, 5.74) is -0.0776. The Balaban J connectivity index is 1.88. The molecular formula is C13H21N3OS. The van der Waals surface area contributed by atoms with E-state index in [1.807, 2.05) is 7.05 Å². The molecule has 1 saturated carbocycles. The fraction of sp³-hybridized carbons (Fsp3) is 0.692. The monoisotopic (exact) mass is 267 g/mol. The fourth-order valence-electron chi connectivity index (χ4n) is 2.59. The highest BCUT2D eigenvalue weighted by atomic mass is 32.2. The van der Waals surface area contributed by atoms with Crippen molar-refractivity contribution in [3.63, 3.8) is 0 Å². The second kappa shape index (κ2) is 6.95. The first-order valence-corrected chi connectivity index (χ1v) is 7.63. The molecule has 0 spiro atoms. The third kappa shape index (κ3) is 3.85. The highest BCUT2D eigenvalue weighted by Crippen LogP contribution is 2.28. The van der Waals surface area contributed by atoms with Gasteiger partial charge < -0.3 is 10.3 Å². The summed E-state index contributed by atoms with van der Waals surface area (Å²) >= 11 is 1.63. The van der Waals surface area contributed by atoms with Crippen LogP contribution in [-0.4, -0.2) is 28.8 Å². The predicted octanol–water partition coefficient (Wildman–Crippen LogP) is 2.03. The molecule has 5 heteroatoms. The van der Waals surface area contributed by atoms with Crippen molar-refractivity contribution < 1.29 is 0 Å². The van der Waals surface area contributed by atoms with Gasteiger partial charge in [0.1, 0.15) is 0 Å². The molecule has 1 unspecified atom stereocenters. The van der Waals surface area contributed by atoms with E-state index in [4.69, 9.17) is 0 Å². The lowest BCUT2D eigenvalue weighted by atomic mass is 9.84. The van der Waals surface area contributed by atoms with Crippen LogP contribution in [0.5, 0.6) is 0 Å². The van der Waals surface area contributed by atoms with E-state index < -0.39 is 0 Å². The van der Waals surface area contributed by atoms with E-state index in [0.29, 0.717) is 6.04 Å². The average molecular weight is 267 g/mol. The molecule has 2 N–H and O–H groups in total. The molecular weight excluding hydrogens is 246 g/mol. The summed E-state index contributed by atoms with van der Waals surface area (Å²) < 4.78 is 0. The average Bonchev–Trinajstić information content (AvgIpc) is 2.41. The van der Waals surface area contributed by atoms with Crippen LogP contribution in [0, 0.1) is 5.92 Å². The van der Waals surface area contributed by atoms with Crippen LogP contribution < -0.4 is 10.9 Å². The molecule has 1 aromatic heterocycles. The zero-order valence-electron chi connectivity index (χ0n) is 10.8. The number of H-pyrrole nitrogens is 1. The number of aromatic amines is 1. The molecule has 1 heterocycles. The van der Waals surface area contributed by atoms with Gasteiger partial charge in [-0.3, -0.25) is 4.79 Å². The highest BCUT2D eigenvalue weighted by molar-refractivity contribution is 7.99. The maximum atomic E-state index is 11.2. The number of thioether (sulfide) groups is 1. The minimum Gasteiger partial charge on any atom is -0.316 e. The van der Waals surface area contributed by atoms with Gasteiger partial charge >= 0.3 is 0 Å². The number of nitrogens with one attached hydrogen (secondary N) is 2. The van der Waals surface area contributed by atoms with E-state index in [2.05, 4.69) is 15.3 Å². The van der Waals surface area contributed by atoms with Crippen LogP contribution in [0.15, 0.2) is 22.2 Å². The van der Waals surface area contributed by atoms with Crippen molar-refractivity contribution in [1.82, 2.24) is 15.3 Å². The van der Waals surface area contributed by atoms with Crippen molar-refractivity contribution in [2.24, 2.45) is 5.92 Å². The summed E-state index contributed by atoms with van der Waals surface area (Å²) in [6.45, 7) is 0. The van der Waals surface area contributed by atoms with Crippen molar-refractivity contribution in [3.05, 3.63) is 22.6 Å². The summed E-state index contributed by atoms with van der Waals surface area (Å²) in [5, 5.41) is 4.14. The van der Waals surface area contributed by atoms with E-state index in [1.165, 1.54) is 38.2 Å². The second-order valence-electron chi connectivity index (χ2n) is 4.84. The molecule has 0 aliphatic heterocycles. The zero-order chi connectivity index (χ0) is 12.8. The van der Waals surface area contributed by atoms with Gasteiger partial charge in [0.2, 0.25) is 0 Å². The minimum atomic E-state index is -0.0776. The molecule has 18 heavy (non-hydrogen) atoms. The van der Waals surface area contributed by atoms with Crippen LogP contribution in [0.3, 0.4) is 0 Å². The van der Waals surface area contributed by atoms with Crippen molar-refractivity contribution in [2.45, 2.75) is 43.3 Å². The number of hydrogen-bond acceptors (Lipinski definition) is 4. The molecule has 0 saturated heterocycles. The van der Waals surface area contributed by atoms with Gasteiger partial charge in [0.25, 0.3) is 5.56 Å². The largest absolute Gasteiger partial charge is 0.316 e. The molecule has 1 atom stereocenters. The summed E-state index contributed by atoms with van der Waals surface area (Å²) in [6.07, 6.45) is 8.31. The van der Waals surface area contributed by atoms with E-state index in [9.17, 15) is 4.79 Å². The van der Waals surface area contributed by atoms with Crippen LogP contribution in [-0.2, 0) is 0 Å². The lowest BCUT2D eigenvalue weighted by Crippen LogP contribution is -2.37. The third-order valence-corrected chi connectivity index (χ3v) is 4.64. The number of aromatic nitrogens is 2. The van der Waals surface area contributed by atoms with Gasteiger partial charge in [0, 0.05) is 24.1 Å². The lowest BCUT2D eigenvalue weighted by Gasteiger charge is -2.29. The Hall–Kier alpha value is -0.810. The van der Waals surface area contributed by atoms with Gasteiger partial charge in [0.15, 0.2) is 5.16 Å². The van der Waals surface area contributed by atoms with Crippen molar-refractivity contribution in [1.29, 1.82) is 0 Å². The summed E-state index contributed by atoms with van der Waals surface area (Å²) in [6, 6.07) is 1.96. The first-order chi connectivity index (χ1) is 8.79. The quantitative estimate of drug-likeness (QED) is 0.633. The van der Waals surface area contributed by atoms with E-state index in [1.54, 1.807) is 18.0 Å². The SMILES string of the molecule is CNC(CSc1nccc(=O)[nH]1)C1CCCCC1. The third-order valence-electron chi connectivity index (χ3n) is 3.64. The maximum absolute atomic E-state index is 11.2. The molecule has 1 aliphatic carbocycles. The Labute approximate surface area is 112 Å². The molecule has 0 aromatic carbocycles. The van der Waals surface area contributed by atoms with Gasteiger partial charge in [0.05, 0.1) is 0 Å². The summed E-state index contributed by atoms with van der Waals surface area (Å²) in [5.74, 6) is 1.74. The fourth-order valence-corrected chi connectivity index (χ4v) is 3.67. The molecule has 1 aromatic rings. The van der Waals surface area contributed by atoms with Crippen LogP contribution in [0.2, 0.25) is 0 Å². The van der Waals surface area contributed by atoms with Gasteiger partial charge in [-0.15, -0.1) is 0 Å². The number of hydrogen-bond donors (Lipinski definition) is 2. The van der Waals surface area contributed by atoms with Crippen molar-refractivity contribution >= 4 is 11.8 Å². The molecule has 4 nitrogen and oxygen atoms in total. The molecule has 0 radical (unpaired) electrons. The Morgan fingerprint density at radius 1 is 1.50 bits per heavy atom. The first-order valence-electron chi connectivity index (χ1n) is 6.65. The van der Waals surface area contributed by atoms with Crippen molar-refractivity contribution in [3.8, 4) is 0 Å². The van der Waals surface area contributed by atoms with E-state index >= 15 is 0 Å². The second-order valence-corrected chi connectivity index (χ2v) is 5.85. The van der Waals surface area contributed by atoms with Crippen molar-refractivity contribution in [2.75, 3.05) is 12.8 Å². The molecule has 1 aliphatic rings. The Morgan fingerprint density at radius 3 is 2.94 bits per heavy atom. The zero-order valence-corrected chi connectivity index (χ0v) is 11.6. The first kappa shape index (κ1) is 13.6.